The van der Waals surface area contributed by atoms with Crippen LogP contribution in [0.3, 0.4) is 0 Å². The minimum absolute atomic E-state index is 0.129. The van der Waals surface area contributed by atoms with Crippen LogP contribution >= 0.6 is 0 Å². The zero-order valence-corrected chi connectivity index (χ0v) is 10.5. The summed E-state index contributed by atoms with van der Waals surface area (Å²) in [6, 6.07) is 2.35. The lowest BCUT2D eigenvalue weighted by Gasteiger charge is -2.23. The van der Waals surface area contributed by atoms with Crippen molar-refractivity contribution < 1.29 is 0 Å². The minimum Gasteiger partial charge on any atom is -0.198 e. The van der Waals surface area contributed by atoms with Crippen LogP contribution in [0.25, 0.3) is 0 Å². The molecule has 0 fully saturated rings. The van der Waals surface area contributed by atoms with Crippen molar-refractivity contribution in [1.82, 2.24) is 0 Å². The Labute approximate surface area is 89.5 Å². The fourth-order valence-corrected chi connectivity index (χ4v) is 1.40. The largest absolute Gasteiger partial charge is 0.198 e. The van der Waals surface area contributed by atoms with Crippen molar-refractivity contribution in [2.45, 2.75) is 66.7 Å². The molecular formula is C13H25N. The number of hydrogen-bond donors (Lipinski definition) is 0. The van der Waals surface area contributed by atoms with E-state index in [0.29, 0.717) is 5.41 Å². The predicted molar refractivity (Wildman–Crippen MR) is 61.9 cm³/mol. The van der Waals surface area contributed by atoms with Crippen LogP contribution in [0.15, 0.2) is 0 Å². The number of nitriles is 1. The fraction of sp³-hybridized carbons (Fsp3) is 0.923. The van der Waals surface area contributed by atoms with E-state index in [1.54, 1.807) is 0 Å². The molecule has 0 aliphatic heterocycles. The van der Waals surface area contributed by atoms with Gasteiger partial charge in [-0.2, -0.15) is 5.26 Å². The quantitative estimate of drug-likeness (QED) is 0.571. The summed E-state index contributed by atoms with van der Waals surface area (Å²) in [5.74, 6) is 0. The van der Waals surface area contributed by atoms with E-state index < -0.39 is 0 Å². The maximum absolute atomic E-state index is 8.85. The van der Waals surface area contributed by atoms with Gasteiger partial charge in [-0.3, -0.25) is 0 Å². The molecule has 1 heteroatoms. The van der Waals surface area contributed by atoms with Crippen LogP contribution in [-0.4, -0.2) is 0 Å². The van der Waals surface area contributed by atoms with Gasteiger partial charge in [0.15, 0.2) is 0 Å². The highest BCUT2D eigenvalue weighted by Crippen LogP contribution is 2.29. The van der Waals surface area contributed by atoms with Gasteiger partial charge in [0.2, 0.25) is 0 Å². The molecule has 0 atom stereocenters. The second-order valence-electron chi connectivity index (χ2n) is 5.72. The van der Waals surface area contributed by atoms with Crippen LogP contribution in [0.5, 0.6) is 0 Å². The summed E-state index contributed by atoms with van der Waals surface area (Å²) in [4.78, 5) is 0. The van der Waals surface area contributed by atoms with Crippen molar-refractivity contribution in [2.75, 3.05) is 0 Å². The first kappa shape index (κ1) is 13.5. The smallest absolute Gasteiger partial charge is 0.0683 e. The van der Waals surface area contributed by atoms with Crippen LogP contribution < -0.4 is 0 Å². The molecule has 14 heavy (non-hydrogen) atoms. The van der Waals surface area contributed by atoms with Crippen molar-refractivity contribution >= 4 is 0 Å². The topological polar surface area (TPSA) is 23.8 Å². The van der Waals surface area contributed by atoms with E-state index in [1.165, 1.54) is 25.7 Å². The molecular weight excluding hydrogens is 170 g/mol. The first-order valence-corrected chi connectivity index (χ1v) is 5.74. The van der Waals surface area contributed by atoms with Gasteiger partial charge in [-0.1, -0.05) is 40.0 Å². The highest BCUT2D eigenvalue weighted by Gasteiger charge is 2.18. The molecule has 0 rings (SSSR count). The molecule has 0 unspecified atom stereocenters. The van der Waals surface area contributed by atoms with Crippen LogP contribution in [0, 0.1) is 22.2 Å². The van der Waals surface area contributed by atoms with E-state index in [4.69, 9.17) is 5.26 Å². The molecule has 0 N–H and O–H groups in total. The standard InChI is InChI=1S/C13H25N/c1-6-12(2,3)9-7-8-10-13(4,5)11-14/h6-10H2,1-5H3. The van der Waals surface area contributed by atoms with Gasteiger partial charge in [0.25, 0.3) is 0 Å². The molecule has 0 heterocycles. The number of hydrogen-bond acceptors (Lipinski definition) is 1. The van der Waals surface area contributed by atoms with E-state index in [0.717, 1.165) is 6.42 Å². The third-order valence-electron chi connectivity index (χ3n) is 3.17. The summed E-state index contributed by atoms with van der Waals surface area (Å²) in [5, 5.41) is 8.85. The van der Waals surface area contributed by atoms with Crippen molar-refractivity contribution in [3.63, 3.8) is 0 Å². The maximum atomic E-state index is 8.85. The van der Waals surface area contributed by atoms with Crippen LogP contribution in [-0.2, 0) is 0 Å². The van der Waals surface area contributed by atoms with Gasteiger partial charge in [0, 0.05) is 0 Å². The Morgan fingerprint density at radius 3 is 1.93 bits per heavy atom. The first-order chi connectivity index (χ1) is 6.33. The normalized spacial score (nSPS) is 12.6. The van der Waals surface area contributed by atoms with E-state index in [9.17, 15) is 0 Å². The Balaban J connectivity index is 3.63. The zero-order chi connectivity index (χ0) is 11.2. The molecule has 0 amide bonds. The van der Waals surface area contributed by atoms with Gasteiger partial charge in [-0.15, -0.1) is 0 Å². The molecule has 0 aliphatic carbocycles. The summed E-state index contributed by atoms with van der Waals surface area (Å²) in [5.41, 5.74) is 0.354. The molecule has 0 saturated heterocycles. The van der Waals surface area contributed by atoms with Crippen LogP contribution in [0.2, 0.25) is 0 Å². The third kappa shape index (κ3) is 6.02. The van der Waals surface area contributed by atoms with Gasteiger partial charge < -0.3 is 0 Å². The highest BCUT2D eigenvalue weighted by atomic mass is 14.3. The maximum Gasteiger partial charge on any atom is 0.0683 e. The highest BCUT2D eigenvalue weighted by molar-refractivity contribution is 4.91. The third-order valence-corrected chi connectivity index (χ3v) is 3.17. The second kappa shape index (κ2) is 5.39. The average Bonchev–Trinajstić information content (AvgIpc) is 2.13. The van der Waals surface area contributed by atoms with Crippen LogP contribution in [0.4, 0.5) is 0 Å². The minimum atomic E-state index is -0.129. The number of rotatable bonds is 6. The number of nitrogens with zero attached hydrogens (tertiary/aromatic N) is 1. The monoisotopic (exact) mass is 195 g/mol. The Hall–Kier alpha value is -0.510. The van der Waals surface area contributed by atoms with Gasteiger partial charge >= 0.3 is 0 Å². The lowest BCUT2D eigenvalue weighted by atomic mass is 9.82. The molecule has 82 valence electrons. The molecule has 0 bridgehead atoms. The summed E-state index contributed by atoms with van der Waals surface area (Å²) >= 11 is 0. The molecule has 0 radical (unpaired) electrons. The van der Waals surface area contributed by atoms with Gasteiger partial charge in [0.1, 0.15) is 0 Å². The Morgan fingerprint density at radius 1 is 1.00 bits per heavy atom. The van der Waals surface area contributed by atoms with Crippen molar-refractivity contribution in [3.8, 4) is 6.07 Å². The Kier molecular flexibility index (Phi) is 5.19. The lowest BCUT2D eigenvalue weighted by Crippen LogP contribution is -2.11. The van der Waals surface area contributed by atoms with Gasteiger partial charge in [-0.05, 0) is 32.1 Å². The molecule has 0 aromatic heterocycles. The number of unbranched alkanes of at least 4 members (excludes halogenated alkanes) is 1. The summed E-state index contributed by atoms with van der Waals surface area (Å²) in [6.45, 7) is 10.9. The van der Waals surface area contributed by atoms with Crippen LogP contribution in [0.1, 0.15) is 66.7 Å². The van der Waals surface area contributed by atoms with E-state index in [1.807, 2.05) is 13.8 Å². The SMILES string of the molecule is CCC(C)(C)CCCCC(C)(C)C#N. The summed E-state index contributed by atoms with van der Waals surface area (Å²) < 4.78 is 0. The van der Waals surface area contributed by atoms with Gasteiger partial charge in [-0.25, -0.2) is 0 Å². The lowest BCUT2D eigenvalue weighted by molar-refractivity contribution is 0.298. The van der Waals surface area contributed by atoms with Crippen molar-refractivity contribution in [3.05, 3.63) is 0 Å². The van der Waals surface area contributed by atoms with Crippen molar-refractivity contribution in [2.24, 2.45) is 10.8 Å². The fourth-order valence-electron chi connectivity index (χ4n) is 1.40. The predicted octanol–water partition coefficient (Wildman–Crippen LogP) is 4.53. The van der Waals surface area contributed by atoms with Gasteiger partial charge in [0.05, 0.1) is 11.5 Å². The second-order valence-corrected chi connectivity index (χ2v) is 5.72. The first-order valence-electron chi connectivity index (χ1n) is 5.74. The van der Waals surface area contributed by atoms with Crippen molar-refractivity contribution in [1.29, 1.82) is 5.26 Å². The summed E-state index contributed by atoms with van der Waals surface area (Å²) in [7, 11) is 0. The Morgan fingerprint density at radius 2 is 1.50 bits per heavy atom. The summed E-state index contributed by atoms with van der Waals surface area (Å²) in [6.07, 6.45) is 6.00. The molecule has 0 aromatic carbocycles. The average molecular weight is 195 g/mol. The molecule has 0 aromatic rings. The van der Waals surface area contributed by atoms with E-state index >= 15 is 0 Å². The zero-order valence-electron chi connectivity index (χ0n) is 10.5. The molecule has 0 aliphatic rings. The molecule has 0 spiro atoms. The van der Waals surface area contributed by atoms with E-state index in [-0.39, 0.29) is 5.41 Å². The molecule has 1 nitrogen and oxygen atoms in total. The Bertz CT molecular complexity index is 196. The van der Waals surface area contributed by atoms with E-state index in [2.05, 4.69) is 26.8 Å². The molecule has 0 saturated carbocycles.